The fourth-order valence-electron chi connectivity index (χ4n) is 3.88. The third-order valence-corrected chi connectivity index (χ3v) is 7.10. The smallest absolute Gasteiger partial charge is 0.245 e. The Balaban J connectivity index is 2.08. The molecule has 6 heteroatoms. The highest BCUT2D eigenvalue weighted by molar-refractivity contribution is 7.89. The third-order valence-electron chi connectivity index (χ3n) is 5.19. The molecule has 1 aromatic carbocycles. The Kier molecular flexibility index (Phi) is 4.53. The lowest BCUT2D eigenvalue weighted by atomic mass is 9.81. The van der Waals surface area contributed by atoms with Crippen molar-refractivity contribution in [1.82, 2.24) is 9.21 Å². The van der Waals surface area contributed by atoms with Crippen molar-refractivity contribution < 1.29 is 13.2 Å². The topological polar surface area (TPSA) is 57.7 Å². The van der Waals surface area contributed by atoms with Crippen molar-refractivity contribution in [3.8, 4) is 0 Å². The minimum Gasteiger partial charge on any atom is -0.325 e. The van der Waals surface area contributed by atoms with Gasteiger partial charge in [0.15, 0.2) is 0 Å². The summed E-state index contributed by atoms with van der Waals surface area (Å²) in [7, 11) is -2.03. The van der Waals surface area contributed by atoms with Crippen LogP contribution in [-0.2, 0) is 14.8 Å². The Bertz CT molecular complexity index is 742. The molecule has 0 radical (unpaired) electrons. The molecule has 1 aromatic rings. The van der Waals surface area contributed by atoms with Crippen molar-refractivity contribution in [1.29, 1.82) is 0 Å². The zero-order valence-corrected chi connectivity index (χ0v) is 15.0. The second kappa shape index (κ2) is 6.33. The van der Waals surface area contributed by atoms with Crippen LogP contribution in [0.5, 0.6) is 0 Å². The van der Waals surface area contributed by atoms with E-state index in [0.717, 1.165) is 31.2 Å². The van der Waals surface area contributed by atoms with E-state index in [1.165, 1.54) is 9.21 Å². The maximum absolute atomic E-state index is 13.3. The van der Waals surface area contributed by atoms with E-state index in [4.69, 9.17) is 0 Å². The molecular formula is C18H24N2O3S. The molecule has 0 N–H and O–H groups in total. The van der Waals surface area contributed by atoms with E-state index in [1.807, 2.05) is 6.92 Å². The molecule has 1 amide bonds. The second-order valence-corrected chi connectivity index (χ2v) is 8.55. The second-order valence-electron chi connectivity index (χ2n) is 6.70. The summed E-state index contributed by atoms with van der Waals surface area (Å²) in [5.74, 6) is -0.222. The first kappa shape index (κ1) is 17.2. The number of sulfonamides is 1. The molecule has 1 heterocycles. The Hall–Kier alpha value is -1.66. The van der Waals surface area contributed by atoms with Gasteiger partial charge in [-0.1, -0.05) is 43.2 Å². The van der Waals surface area contributed by atoms with E-state index < -0.39 is 16.2 Å². The lowest BCUT2D eigenvalue weighted by Crippen LogP contribution is -2.64. The van der Waals surface area contributed by atoms with Crippen molar-refractivity contribution in [3.05, 3.63) is 42.5 Å². The summed E-state index contributed by atoms with van der Waals surface area (Å²) in [6.45, 7) is 5.70. The molecule has 3 atom stereocenters. The largest absolute Gasteiger partial charge is 0.325 e. The molecular weight excluding hydrogens is 324 g/mol. The predicted molar refractivity (Wildman–Crippen MR) is 92.7 cm³/mol. The summed E-state index contributed by atoms with van der Waals surface area (Å²) in [4.78, 5) is 14.4. The number of carbonyl (C=O) groups excluding carboxylic acids is 1. The molecule has 1 aliphatic carbocycles. The van der Waals surface area contributed by atoms with Gasteiger partial charge in [0.2, 0.25) is 15.9 Å². The molecule has 1 saturated heterocycles. The summed E-state index contributed by atoms with van der Waals surface area (Å²) in [5, 5.41) is 0. The summed E-state index contributed by atoms with van der Waals surface area (Å²) in [6.07, 6.45) is 4.30. The summed E-state index contributed by atoms with van der Waals surface area (Å²) in [5.41, 5.74) is 1.01. The molecule has 0 unspecified atom stereocenters. The van der Waals surface area contributed by atoms with E-state index in [0.29, 0.717) is 0 Å². The van der Waals surface area contributed by atoms with Crippen LogP contribution in [0.1, 0.15) is 31.2 Å². The van der Waals surface area contributed by atoms with Crippen LogP contribution in [0, 0.1) is 12.8 Å². The first-order chi connectivity index (χ1) is 11.4. The van der Waals surface area contributed by atoms with Gasteiger partial charge < -0.3 is 4.90 Å². The Morgan fingerprint density at radius 2 is 1.79 bits per heavy atom. The number of aryl methyl sites for hydroxylation is 1. The fourth-order valence-corrected chi connectivity index (χ4v) is 5.72. The van der Waals surface area contributed by atoms with Gasteiger partial charge in [0.25, 0.3) is 0 Å². The number of benzene rings is 1. The van der Waals surface area contributed by atoms with Gasteiger partial charge in [0.1, 0.15) is 6.17 Å². The first-order valence-electron chi connectivity index (χ1n) is 8.37. The minimum absolute atomic E-state index is 0.0277. The number of nitrogens with zero attached hydrogens (tertiary/aromatic N) is 2. The lowest BCUT2D eigenvalue weighted by Gasteiger charge is -2.49. The van der Waals surface area contributed by atoms with Crippen LogP contribution in [-0.4, -0.2) is 42.8 Å². The van der Waals surface area contributed by atoms with Crippen LogP contribution >= 0.6 is 0 Å². The molecule has 0 aromatic heterocycles. The highest BCUT2D eigenvalue weighted by Crippen LogP contribution is 2.39. The average molecular weight is 348 g/mol. The van der Waals surface area contributed by atoms with Crippen molar-refractivity contribution in [2.45, 2.75) is 49.7 Å². The van der Waals surface area contributed by atoms with Crippen molar-refractivity contribution in [2.24, 2.45) is 5.92 Å². The van der Waals surface area contributed by atoms with E-state index >= 15 is 0 Å². The molecule has 1 saturated carbocycles. The Morgan fingerprint density at radius 1 is 1.17 bits per heavy atom. The molecule has 1 aliphatic heterocycles. The number of hydrogen-bond donors (Lipinski definition) is 0. The molecule has 2 fully saturated rings. The summed E-state index contributed by atoms with van der Waals surface area (Å²) in [6, 6.07) is 6.59. The van der Waals surface area contributed by atoms with Gasteiger partial charge in [-0.05, 0) is 31.9 Å². The quantitative estimate of drug-likeness (QED) is 0.789. The number of likely N-dealkylation sites (N-methyl/N-ethyl adjacent to an activating group) is 1. The fraction of sp³-hybridized carbons (Fsp3) is 0.500. The van der Waals surface area contributed by atoms with Crippen LogP contribution in [0.25, 0.3) is 0 Å². The Morgan fingerprint density at radius 3 is 2.42 bits per heavy atom. The number of carbonyl (C=O) groups is 1. The van der Waals surface area contributed by atoms with Crippen molar-refractivity contribution in [3.63, 3.8) is 0 Å². The zero-order valence-electron chi connectivity index (χ0n) is 14.2. The predicted octanol–water partition coefficient (Wildman–Crippen LogP) is 2.53. The van der Waals surface area contributed by atoms with Gasteiger partial charge >= 0.3 is 0 Å². The molecule has 3 rings (SSSR count). The van der Waals surface area contributed by atoms with E-state index in [2.05, 4.69) is 6.58 Å². The maximum Gasteiger partial charge on any atom is 0.245 e. The van der Waals surface area contributed by atoms with Crippen LogP contribution in [0.15, 0.2) is 41.8 Å². The normalized spacial score (nSPS) is 28.5. The van der Waals surface area contributed by atoms with Crippen LogP contribution in [0.2, 0.25) is 0 Å². The lowest BCUT2D eigenvalue weighted by molar-refractivity contribution is -0.148. The van der Waals surface area contributed by atoms with Crippen LogP contribution < -0.4 is 0 Å². The first-order valence-corrected chi connectivity index (χ1v) is 9.81. The number of hydrogen-bond acceptors (Lipinski definition) is 3. The van der Waals surface area contributed by atoms with Gasteiger partial charge in [0, 0.05) is 13.1 Å². The summed E-state index contributed by atoms with van der Waals surface area (Å²) < 4.78 is 28.1. The van der Waals surface area contributed by atoms with Crippen molar-refractivity contribution >= 4 is 15.9 Å². The van der Waals surface area contributed by atoms with E-state index in [9.17, 15) is 13.2 Å². The van der Waals surface area contributed by atoms with Gasteiger partial charge in [-0.25, -0.2) is 8.42 Å². The summed E-state index contributed by atoms with van der Waals surface area (Å²) >= 11 is 0. The van der Waals surface area contributed by atoms with Gasteiger partial charge in [-0.3, -0.25) is 4.79 Å². The van der Waals surface area contributed by atoms with Crippen molar-refractivity contribution in [2.75, 3.05) is 7.05 Å². The SMILES string of the molecule is C=C[C@@H]1N(C)C(=O)[C@@H]2CCCC[C@H]2N1S(=O)(=O)c1ccc(C)cc1. The maximum atomic E-state index is 13.3. The average Bonchev–Trinajstić information content (AvgIpc) is 2.58. The Labute approximate surface area is 144 Å². The minimum atomic E-state index is -3.70. The molecule has 0 bridgehead atoms. The van der Waals surface area contributed by atoms with Crippen LogP contribution in [0.3, 0.4) is 0 Å². The highest BCUT2D eigenvalue weighted by atomic mass is 32.2. The number of rotatable bonds is 3. The highest BCUT2D eigenvalue weighted by Gasteiger charge is 2.50. The van der Waals surface area contributed by atoms with E-state index in [1.54, 1.807) is 37.4 Å². The number of amides is 1. The monoisotopic (exact) mass is 348 g/mol. The standard InChI is InChI=1S/C18H24N2O3S/c1-4-17-19(3)18(21)15-7-5-6-8-16(15)20(17)24(22,23)14-11-9-13(2)10-12-14/h4,9-12,15-17H,1,5-8H2,2-3H3/t15-,16-,17-/m1/s1. The number of fused-ring (bicyclic) bond motifs is 1. The molecule has 130 valence electrons. The van der Waals surface area contributed by atoms with Gasteiger partial charge in [-0.15, -0.1) is 0 Å². The van der Waals surface area contributed by atoms with Gasteiger partial charge in [0.05, 0.1) is 10.8 Å². The molecule has 0 spiro atoms. The van der Waals surface area contributed by atoms with E-state index in [-0.39, 0.29) is 22.8 Å². The van der Waals surface area contributed by atoms with Gasteiger partial charge in [-0.2, -0.15) is 4.31 Å². The third kappa shape index (κ3) is 2.67. The molecule has 24 heavy (non-hydrogen) atoms. The van der Waals surface area contributed by atoms with Crippen LogP contribution in [0.4, 0.5) is 0 Å². The molecule has 5 nitrogen and oxygen atoms in total. The zero-order chi connectivity index (χ0) is 17.5. The molecule has 2 aliphatic rings.